The molecular formula is C24H25FN6O3. The monoisotopic (exact) mass is 464 g/mol. The average Bonchev–Trinajstić information content (AvgIpc) is 3.30. The van der Waals surface area contributed by atoms with Crippen molar-refractivity contribution in [2.24, 2.45) is 11.8 Å². The second-order valence-electron chi connectivity index (χ2n) is 9.04. The maximum absolute atomic E-state index is 14.6. The van der Waals surface area contributed by atoms with E-state index in [9.17, 15) is 9.18 Å². The quantitative estimate of drug-likeness (QED) is 0.546. The molecule has 3 aliphatic rings. The minimum absolute atomic E-state index is 0.0307. The number of hydrogen-bond acceptors (Lipinski definition) is 8. The Morgan fingerprint density at radius 2 is 2.09 bits per heavy atom. The van der Waals surface area contributed by atoms with Crippen LogP contribution in [0, 0.1) is 17.7 Å². The summed E-state index contributed by atoms with van der Waals surface area (Å²) in [4.78, 5) is 27.0. The second kappa shape index (κ2) is 8.44. The lowest BCUT2D eigenvalue weighted by Gasteiger charge is -2.20. The third-order valence-corrected chi connectivity index (χ3v) is 6.95. The largest absolute Gasteiger partial charge is 0.481 e. The van der Waals surface area contributed by atoms with Crippen molar-refractivity contribution < 1.29 is 18.7 Å². The van der Waals surface area contributed by atoms with Gasteiger partial charge in [-0.3, -0.25) is 9.78 Å². The molecule has 176 valence electrons. The molecule has 3 atom stereocenters. The van der Waals surface area contributed by atoms with Crippen molar-refractivity contribution in [1.29, 1.82) is 0 Å². The number of methoxy groups -OCH3 is 1. The molecule has 2 fully saturated rings. The zero-order chi connectivity index (χ0) is 23.2. The van der Waals surface area contributed by atoms with E-state index in [-0.39, 0.29) is 18.3 Å². The highest BCUT2D eigenvalue weighted by molar-refractivity contribution is 5.94. The molecule has 1 saturated carbocycles. The molecule has 1 aliphatic carbocycles. The van der Waals surface area contributed by atoms with Crippen LogP contribution >= 0.6 is 0 Å². The van der Waals surface area contributed by atoms with E-state index in [4.69, 9.17) is 9.47 Å². The highest BCUT2D eigenvalue weighted by Crippen LogP contribution is 2.45. The van der Waals surface area contributed by atoms with Gasteiger partial charge in [0.1, 0.15) is 5.82 Å². The van der Waals surface area contributed by atoms with Gasteiger partial charge in [0, 0.05) is 43.9 Å². The summed E-state index contributed by atoms with van der Waals surface area (Å²) in [5, 5.41) is 6.34. The van der Waals surface area contributed by atoms with Crippen LogP contribution in [0.5, 0.6) is 11.6 Å². The molecule has 0 radical (unpaired) electrons. The van der Waals surface area contributed by atoms with Gasteiger partial charge >= 0.3 is 0 Å². The Bertz CT molecular complexity index is 1260. The van der Waals surface area contributed by atoms with E-state index in [1.807, 2.05) is 18.2 Å². The number of piperidine rings is 1. The number of carbonyl (C=O) groups is 1. The molecule has 10 heteroatoms. The van der Waals surface area contributed by atoms with Crippen LogP contribution in [0.4, 0.5) is 10.2 Å². The molecule has 2 N–H and O–H groups in total. The number of aromatic nitrogens is 3. The summed E-state index contributed by atoms with van der Waals surface area (Å²) >= 11 is 0. The minimum atomic E-state index is -0.323. The van der Waals surface area contributed by atoms with Crippen molar-refractivity contribution in [3.8, 4) is 11.6 Å². The number of nitrogens with zero attached hydrogens (tertiary/aromatic N) is 4. The fourth-order valence-corrected chi connectivity index (χ4v) is 5.12. The van der Waals surface area contributed by atoms with Gasteiger partial charge in [0.15, 0.2) is 18.2 Å². The first-order valence-corrected chi connectivity index (χ1v) is 11.5. The van der Waals surface area contributed by atoms with Crippen LogP contribution in [0.1, 0.15) is 11.3 Å². The summed E-state index contributed by atoms with van der Waals surface area (Å²) < 4.78 is 25.1. The molecule has 5 heterocycles. The van der Waals surface area contributed by atoms with Crippen LogP contribution in [0.3, 0.4) is 0 Å². The lowest BCUT2D eigenvalue weighted by atomic mass is 10.1. The van der Waals surface area contributed by atoms with Crippen molar-refractivity contribution in [3.63, 3.8) is 0 Å². The number of rotatable bonds is 7. The SMILES string of the molecule is COc1ccc2ncc(F)c(CCN3C[C@@H]4C(NCc5ccc6c(n5)NC(=O)CO6)[C@@H]4C3)c2n1. The summed E-state index contributed by atoms with van der Waals surface area (Å²) in [5.41, 5.74) is 2.71. The van der Waals surface area contributed by atoms with E-state index in [1.54, 1.807) is 13.2 Å². The van der Waals surface area contributed by atoms with Crippen molar-refractivity contribution >= 4 is 22.8 Å². The van der Waals surface area contributed by atoms with E-state index in [2.05, 4.69) is 30.5 Å². The van der Waals surface area contributed by atoms with Crippen LogP contribution in [0.25, 0.3) is 11.0 Å². The fourth-order valence-electron chi connectivity index (χ4n) is 5.12. The fraction of sp³-hybridized carbons (Fsp3) is 0.417. The van der Waals surface area contributed by atoms with Crippen LogP contribution < -0.4 is 20.1 Å². The summed E-state index contributed by atoms with van der Waals surface area (Å²) in [6, 6.07) is 7.78. The van der Waals surface area contributed by atoms with Crippen molar-refractivity contribution in [3.05, 3.63) is 47.5 Å². The molecule has 1 amide bonds. The maximum Gasteiger partial charge on any atom is 0.263 e. The summed E-state index contributed by atoms with van der Waals surface area (Å²) in [5.74, 6) is 2.24. The van der Waals surface area contributed by atoms with E-state index in [0.29, 0.717) is 64.9 Å². The molecule has 1 saturated heterocycles. The van der Waals surface area contributed by atoms with Crippen molar-refractivity contribution in [2.45, 2.75) is 19.0 Å². The number of hydrogen-bond donors (Lipinski definition) is 2. The number of ether oxygens (including phenoxy) is 2. The summed E-state index contributed by atoms with van der Waals surface area (Å²) in [7, 11) is 1.55. The van der Waals surface area contributed by atoms with Gasteiger partial charge in [0.05, 0.1) is 30.0 Å². The Morgan fingerprint density at radius 3 is 2.91 bits per heavy atom. The lowest BCUT2D eigenvalue weighted by molar-refractivity contribution is -0.118. The van der Waals surface area contributed by atoms with Gasteiger partial charge in [0.2, 0.25) is 5.88 Å². The minimum Gasteiger partial charge on any atom is -0.481 e. The first-order valence-electron chi connectivity index (χ1n) is 11.5. The molecule has 0 aromatic carbocycles. The molecule has 0 bridgehead atoms. The third-order valence-electron chi connectivity index (χ3n) is 6.95. The Labute approximate surface area is 195 Å². The van der Waals surface area contributed by atoms with Crippen LogP contribution in [-0.2, 0) is 17.8 Å². The molecule has 9 nitrogen and oxygen atoms in total. The van der Waals surface area contributed by atoms with Gasteiger partial charge in [-0.15, -0.1) is 0 Å². The highest BCUT2D eigenvalue weighted by Gasteiger charge is 2.55. The van der Waals surface area contributed by atoms with Crippen molar-refractivity contribution in [2.75, 3.05) is 38.7 Å². The maximum atomic E-state index is 14.6. The Balaban J connectivity index is 1.03. The standard InChI is InChI=1S/C24H25FN6O3/c1-33-21-5-3-18-23(30-21)14(17(25)9-26-18)6-7-31-10-15-16(11-31)22(15)27-8-13-2-4-19-24(28-13)29-20(32)12-34-19/h2-5,9,15-16,22,27H,6-8,10-12H2,1H3,(H,28,29,32)/t15-,16+,22?. The topological polar surface area (TPSA) is 102 Å². The van der Waals surface area contributed by atoms with Gasteiger partial charge in [-0.2, -0.15) is 0 Å². The number of likely N-dealkylation sites (tertiary alicyclic amines) is 1. The molecular weight excluding hydrogens is 439 g/mol. The zero-order valence-corrected chi connectivity index (χ0v) is 18.8. The van der Waals surface area contributed by atoms with Gasteiger partial charge in [-0.1, -0.05) is 0 Å². The highest BCUT2D eigenvalue weighted by atomic mass is 19.1. The van der Waals surface area contributed by atoms with Gasteiger partial charge < -0.3 is 25.0 Å². The number of anilines is 1. The normalized spacial score (nSPS) is 23.2. The predicted octanol–water partition coefficient (Wildman–Crippen LogP) is 1.77. The first-order chi connectivity index (χ1) is 16.6. The molecule has 0 spiro atoms. The van der Waals surface area contributed by atoms with Gasteiger partial charge in [0.25, 0.3) is 5.91 Å². The van der Waals surface area contributed by atoms with E-state index >= 15 is 0 Å². The Morgan fingerprint density at radius 1 is 1.24 bits per heavy atom. The summed E-state index contributed by atoms with van der Waals surface area (Å²) in [6.07, 6.45) is 1.86. The van der Waals surface area contributed by atoms with E-state index in [1.165, 1.54) is 6.20 Å². The smallest absolute Gasteiger partial charge is 0.263 e. The summed E-state index contributed by atoms with van der Waals surface area (Å²) in [6.45, 7) is 3.43. The van der Waals surface area contributed by atoms with E-state index < -0.39 is 0 Å². The molecule has 6 rings (SSSR count). The zero-order valence-electron chi connectivity index (χ0n) is 18.8. The van der Waals surface area contributed by atoms with Gasteiger partial charge in [-0.25, -0.2) is 14.4 Å². The number of nitrogens with one attached hydrogen (secondary N) is 2. The van der Waals surface area contributed by atoms with Gasteiger partial charge in [-0.05, 0) is 36.5 Å². The average molecular weight is 465 g/mol. The Hall–Kier alpha value is -3.37. The number of pyridine rings is 3. The third kappa shape index (κ3) is 3.92. The molecule has 34 heavy (non-hydrogen) atoms. The van der Waals surface area contributed by atoms with Crippen LogP contribution in [0.2, 0.25) is 0 Å². The van der Waals surface area contributed by atoms with Crippen molar-refractivity contribution in [1.82, 2.24) is 25.2 Å². The van der Waals surface area contributed by atoms with E-state index in [0.717, 1.165) is 25.3 Å². The molecule has 3 aromatic heterocycles. The van der Waals surface area contributed by atoms with Crippen LogP contribution in [-0.4, -0.2) is 65.2 Å². The van der Waals surface area contributed by atoms with Crippen LogP contribution in [0.15, 0.2) is 30.5 Å². The molecule has 3 aromatic rings. The second-order valence-corrected chi connectivity index (χ2v) is 9.04. The lowest BCUT2D eigenvalue weighted by Crippen LogP contribution is -2.32. The number of halogens is 1. The molecule has 2 aliphatic heterocycles. The first kappa shape index (κ1) is 21.2. The number of fused-ring (bicyclic) bond motifs is 3. The Kier molecular flexibility index (Phi) is 5.26. The number of amides is 1. The molecule has 1 unspecified atom stereocenters. The number of carbonyl (C=O) groups excluding carboxylic acids is 1. The predicted molar refractivity (Wildman–Crippen MR) is 122 cm³/mol.